The Morgan fingerprint density at radius 3 is 2.40 bits per heavy atom. The molecule has 7 nitrogen and oxygen atoms in total. The van der Waals surface area contributed by atoms with E-state index in [1.807, 2.05) is 19.1 Å². The Balaban J connectivity index is 1.81. The van der Waals surface area contributed by atoms with Gasteiger partial charge in [0.25, 0.3) is 5.91 Å². The first-order valence-corrected chi connectivity index (χ1v) is 11.1. The van der Waals surface area contributed by atoms with Gasteiger partial charge in [0, 0.05) is 12.4 Å². The third-order valence-corrected chi connectivity index (χ3v) is 6.82. The van der Waals surface area contributed by atoms with E-state index in [9.17, 15) is 18.0 Å². The third-order valence-electron chi connectivity index (χ3n) is 4.89. The normalized spacial score (nSPS) is 12.7. The minimum Gasteiger partial charge on any atom is -0.480 e. The minimum absolute atomic E-state index is 0.0779. The molecule has 3 rings (SSSR count). The number of sulfone groups is 1. The fourth-order valence-corrected chi connectivity index (χ4v) is 4.67. The fourth-order valence-electron chi connectivity index (χ4n) is 3.30. The molecule has 0 aliphatic carbocycles. The molecule has 30 heavy (non-hydrogen) atoms. The molecule has 9 heteroatoms. The van der Waals surface area contributed by atoms with Crippen LogP contribution in [0, 0.1) is 6.92 Å². The van der Waals surface area contributed by atoms with E-state index in [0.29, 0.717) is 16.3 Å². The van der Waals surface area contributed by atoms with E-state index in [0.717, 1.165) is 16.5 Å². The van der Waals surface area contributed by atoms with Crippen LogP contribution >= 0.6 is 11.6 Å². The van der Waals surface area contributed by atoms with Crippen LogP contribution in [0.3, 0.4) is 0 Å². The summed E-state index contributed by atoms with van der Waals surface area (Å²) in [6.07, 6.45) is 0. The second-order valence-corrected chi connectivity index (χ2v) is 9.58. The average molecular weight is 449 g/mol. The van der Waals surface area contributed by atoms with Crippen molar-refractivity contribution in [2.75, 3.05) is 5.75 Å². The van der Waals surface area contributed by atoms with E-state index in [1.54, 1.807) is 36.7 Å². The van der Waals surface area contributed by atoms with Crippen LogP contribution in [0.15, 0.2) is 47.4 Å². The first-order valence-electron chi connectivity index (χ1n) is 9.10. The van der Waals surface area contributed by atoms with Gasteiger partial charge in [0.05, 0.1) is 21.5 Å². The Labute approximate surface area is 179 Å². The van der Waals surface area contributed by atoms with Crippen molar-refractivity contribution in [1.82, 2.24) is 9.88 Å². The van der Waals surface area contributed by atoms with E-state index in [1.165, 1.54) is 12.1 Å². The largest absolute Gasteiger partial charge is 0.480 e. The maximum absolute atomic E-state index is 12.8. The van der Waals surface area contributed by atoms with Crippen molar-refractivity contribution < 1.29 is 23.1 Å². The highest BCUT2D eigenvalue weighted by Gasteiger charge is 2.20. The van der Waals surface area contributed by atoms with E-state index in [4.69, 9.17) is 16.7 Å². The third kappa shape index (κ3) is 4.34. The van der Waals surface area contributed by atoms with Crippen LogP contribution in [0.25, 0.3) is 10.9 Å². The predicted octanol–water partition coefficient (Wildman–Crippen LogP) is 3.49. The molecule has 0 fully saturated rings. The summed E-state index contributed by atoms with van der Waals surface area (Å²) in [6.45, 7) is 3.71. The molecule has 2 N–H and O–H groups in total. The molecule has 0 aliphatic heterocycles. The summed E-state index contributed by atoms with van der Waals surface area (Å²) in [5, 5.41) is 13.0. The number of aliphatic carboxylic acids is 1. The lowest BCUT2D eigenvalue weighted by Crippen LogP contribution is -2.28. The maximum Gasteiger partial charge on any atom is 0.319 e. The molecule has 158 valence electrons. The molecule has 1 unspecified atom stereocenters. The van der Waals surface area contributed by atoms with Gasteiger partial charge in [-0.1, -0.05) is 23.7 Å². The molecule has 1 amide bonds. The fraction of sp³-hybridized carbons (Fsp3) is 0.238. The second-order valence-electron chi connectivity index (χ2n) is 7.19. The van der Waals surface area contributed by atoms with Gasteiger partial charge in [-0.05, 0) is 55.3 Å². The zero-order valence-corrected chi connectivity index (χ0v) is 18.2. The monoisotopic (exact) mass is 448 g/mol. The Hall–Kier alpha value is -2.84. The molecular formula is C21H21ClN2O5S. The van der Waals surface area contributed by atoms with Crippen molar-refractivity contribution >= 4 is 44.2 Å². The summed E-state index contributed by atoms with van der Waals surface area (Å²) in [7, 11) is -2.11. The van der Waals surface area contributed by atoms with Crippen LogP contribution in [0.4, 0.5) is 0 Å². The number of carbonyl (C=O) groups is 2. The number of carboxylic acid groups (broad SMARTS) is 1. The molecule has 0 saturated carbocycles. The highest BCUT2D eigenvalue weighted by molar-refractivity contribution is 7.92. The molecule has 2 aromatic carbocycles. The van der Waals surface area contributed by atoms with Gasteiger partial charge in [0.15, 0.2) is 15.6 Å². The first kappa shape index (κ1) is 21.9. The van der Waals surface area contributed by atoms with Crippen LogP contribution in [-0.2, 0) is 21.7 Å². The number of amides is 1. The minimum atomic E-state index is -3.90. The van der Waals surface area contributed by atoms with Gasteiger partial charge in [-0.2, -0.15) is 0 Å². The standard InChI is InChI=1S/C21H21ClN2O5S/c1-12-8-17(22)16-10-19(24(3)18(16)9-12)21(27)23-13(2)14-4-6-15(7-5-14)30(28,29)11-20(25)26/h4-10,13H,11H2,1-3H3,(H,23,27)(H,25,26). The SMILES string of the molecule is Cc1cc(Cl)c2cc(C(=O)NC(C)c3ccc(S(=O)(=O)CC(=O)O)cc3)n(C)c2c1. The Morgan fingerprint density at radius 2 is 1.80 bits per heavy atom. The zero-order chi connectivity index (χ0) is 22.2. The van der Waals surface area contributed by atoms with Gasteiger partial charge in [0.2, 0.25) is 0 Å². The number of hydrogen-bond acceptors (Lipinski definition) is 4. The van der Waals surface area contributed by atoms with Gasteiger partial charge in [0.1, 0.15) is 5.69 Å². The number of aryl methyl sites for hydroxylation is 2. The summed E-state index contributed by atoms with van der Waals surface area (Å²) in [5.41, 5.74) is 2.98. The predicted molar refractivity (Wildman–Crippen MR) is 115 cm³/mol. The van der Waals surface area contributed by atoms with Crippen molar-refractivity contribution in [3.8, 4) is 0 Å². The number of rotatable bonds is 6. The number of carboxylic acids is 1. The summed E-state index contributed by atoms with van der Waals surface area (Å²) < 4.78 is 25.8. The average Bonchev–Trinajstić information content (AvgIpc) is 2.98. The van der Waals surface area contributed by atoms with Crippen molar-refractivity contribution in [2.45, 2.75) is 24.8 Å². The van der Waals surface area contributed by atoms with E-state index < -0.39 is 27.6 Å². The van der Waals surface area contributed by atoms with Crippen molar-refractivity contribution in [1.29, 1.82) is 0 Å². The van der Waals surface area contributed by atoms with Crippen molar-refractivity contribution in [3.05, 3.63) is 64.3 Å². The summed E-state index contributed by atoms with van der Waals surface area (Å²) in [4.78, 5) is 23.5. The zero-order valence-electron chi connectivity index (χ0n) is 16.6. The van der Waals surface area contributed by atoms with Gasteiger partial charge in [-0.3, -0.25) is 9.59 Å². The van der Waals surface area contributed by atoms with E-state index in [-0.39, 0.29) is 10.8 Å². The lowest BCUT2D eigenvalue weighted by atomic mass is 10.1. The molecule has 0 radical (unpaired) electrons. The van der Waals surface area contributed by atoms with Crippen molar-refractivity contribution in [2.24, 2.45) is 7.05 Å². The van der Waals surface area contributed by atoms with Crippen LogP contribution in [0.5, 0.6) is 0 Å². The molecule has 0 spiro atoms. The molecule has 3 aromatic rings. The number of aromatic nitrogens is 1. The summed E-state index contributed by atoms with van der Waals surface area (Å²) in [6, 6.07) is 10.9. The molecule has 1 aromatic heterocycles. The number of hydrogen-bond donors (Lipinski definition) is 2. The number of nitrogens with zero attached hydrogens (tertiary/aromatic N) is 1. The molecule has 0 bridgehead atoms. The van der Waals surface area contributed by atoms with Crippen LogP contribution < -0.4 is 5.32 Å². The highest BCUT2D eigenvalue weighted by atomic mass is 35.5. The molecule has 1 heterocycles. The number of carbonyl (C=O) groups excluding carboxylic acids is 1. The molecular weight excluding hydrogens is 428 g/mol. The lowest BCUT2D eigenvalue weighted by Gasteiger charge is -2.15. The van der Waals surface area contributed by atoms with Gasteiger partial charge < -0.3 is 15.0 Å². The molecule has 0 aliphatic rings. The summed E-state index contributed by atoms with van der Waals surface area (Å²) >= 11 is 6.31. The summed E-state index contributed by atoms with van der Waals surface area (Å²) in [5.74, 6) is -2.68. The number of fused-ring (bicyclic) bond motifs is 1. The Kier molecular flexibility index (Phi) is 5.92. The first-order chi connectivity index (χ1) is 14.0. The number of benzene rings is 2. The molecule has 1 atom stereocenters. The van der Waals surface area contributed by atoms with E-state index in [2.05, 4.69) is 5.32 Å². The van der Waals surface area contributed by atoms with Gasteiger partial charge in [-0.15, -0.1) is 0 Å². The van der Waals surface area contributed by atoms with Gasteiger partial charge in [-0.25, -0.2) is 8.42 Å². The number of halogens is 1. The quantitative estimate of drug-likeness (QED) is 0.600. The molecule has 0 saturated heterocycles. The van der Waals surface area contributed by atoms with E-state index >= 15 is 0 Å². The van der Waals surface area contributed by atoms with Gasteiger partial charge >= 0.3 is 5.97 Å². The van der Waals surface area contributed by atoms with Crippen molar-refractivity contribution in [3.63, 3.8) is 0 Å². The van der Waals surface area contributed by atoms with Crippen LogP contribution in [0.2, 0.25) is 5.02 Å². The Morgan fingerprint density at radius 1 is 1.17 bits per heavy atom. The second kappa shape index (κ2) is 8.12. The van der Waals surface area contributed by atoms with Crippen LogP contribution in [-0.4, -0.2) is 35.7 Å². The Bertz CT molecular complexity index is 1250. The highest BCUT2D eigenvalue weighted by Crippen LogP contribution is 2.28. The smallest absolute Gasteiger partial charge is 0.319 e. The number of nitrogens with one attached hydrogen (secondary N) is 1. The van der Waals surface area contributed by atoms with Crippen LogP contribution in [0.1, 0.15) is 34.6 Å². The maximum atomic E-state index is 12.8. The topological polar surface area (TPSA) is 105 Å². The lowest BCUT2D eigenvalue weighted by molar-refractivity contribution is -0.134.